The molecule has 6 heteroatoms. The molecular weight excluding hydrogens is 230 g/mol. The summed E-state index contributed by atoms with van der Waals surface area (Å²) in [5, 5.41) is 11.4. The van der Waals surface area contributed by atoms with E-state index in [2.05, 4.69) is 5.32 Å². The minimum absolute atomic E-state index is 0.0768. The number of aliphatic hydroxyl groups excluding tert-OH is 1. The molecule has 0 heterocycles. The average Bonchev–Trinajstić information content (AvgIpc) is 2.29. The van der Waals surface area contributed by atoms with Gasteiger partial charge in [0, 0.05) is 12.6 Å². The van der Waals surface area contributed by atoms with Crippen LogP contribution < -0.4 is 5.32 Å². The van der Waals surface area contributed by atoms with Crippen molar-refractivity contribution in [3.8, 4) is 0 Å². The summed E-state index contributed by atoms with van der Waals surface area (Å²) >= 11 is 0. The molecule has 0 unspecified atom stereocenters. The molecular formula is C11H18F2N2O2. The van der Waals surface area contributed by atoms with Crippen molar-refractivity contribution in [3.05, 3.63) is 12.2 Å². The van der Waals surface area contributed by atoms with Crippen molar-refractivity contribution in [1.82, 2.24) is 10.2 Å². The van der Waals surface area contributed by atoms with Crippen LogP contribution in [-0.2, 0) is 0 Å². The summed E-state index contributed by atoms with van der Waals surface area (Å²) in [5.74, 6) is 0. The molecule has 1 atom stereocenters. The molecule has 1 aliphatic rings. The lowest BCUT2D eigenvalue weighted by Gasteiger charge is -2.25. The minimum atomic E-state index is -2.59. The highest BCUT2D eigenvalue weighted by atomic mass is 19.3. The molecule has 1 rings (SSSR count). The van der Waals surface area contributed by atoms with Crippen molar-refractivity contribution in [2.75, 3.05) is 19.7 Å². The molecule has 0 fully saturated rings. The third-order valence-corrected chi connectivity index (χ3v) is 2.58. The molecule has 1 aliphatic carbocycles. The largest absolute Gasteiger partial charge is 0.395 e. The van der Waals surface area contributed by atoms with E-state index in [4.69, 9.17) is 5.11 Å². The van der Waals surface area contributed by atoms with Gasteiger partial charge in [0.2, 0.25) is 0 Å². The number of rotatable bonds is 5. The third kappa shape index (κ3) is 5.12. The fourth-order valence-electron chi connectivity index (χ4n) is 1.75. The van der Waals surface area contributed by atoms with Crippen LogP contribution in [0.4, 0.5) is 13.6 Å². The highest BCUT2D eigenvalue weighted by molar-refractivity contribution is 5.74. The van der Waals surface area contributed by atoms with Crippen LogP contribution in [-0.4, -0.2) is 48.2 Å². The maximum Gasteiger partial charge on any atom is 0.318 e. The lowest BCUT2D eigenvalue weighted by Crippen LogP contribution is -2.47. The SMILES string of the molecule is O=C(N[C@H]1C=CCCC1)N(CCO)CC(F)F. The van der Waals surface area contributed by atoms with Crippen LogP contribution in [0.5, 0.6) is 0 Å². The van der Waals surface area contributed by atoms with Crippen LogP contribution in [0.15, 0.2) is 12.2 Å². The molecule has 0 aromatic carbocycles. The number of alkyl halides is 2. The molecule has 0 saturated carbocycles. The Morgan fingerprint density at radius 1 is 1.59 bits per heavy atom. The number of hydrogen-bond acceptors (Lipinski definition) is 2. The van der Waals surface area contributed by atoms with Crippen LogP contribution in [0.3, 0.4) is 0 Å². The Morgan fingerprint density at radius 3 is 2.88 bits per heavy atom. The number of allylic oxidation sites excluding steroid dienone is 1. The van der Waals surface area contributed by atoms with Crippen LogP contribution in [0.25, 0.3) is 0 Å². The number of carbonyl (C=O) groups is 1. The fourth-order valence-corrected chi connectivity index (χ4v) is 1.75. The molecule has 0 bridgehead atoms. The molecule has 0 aromatic heterocycles. The van der Waals surface area contributed by atoms with Crippen molar-refractivity contribution in [1.29, 1.82) is 0 Å². The summed E-state index contributed by atoms with van der Waals surface area (Å²) in [6, 6.07) is -0.633. The molecule has 0 saturated heterocycles. The van der Waals surface area contributed by atoms with Crippen LogP contribution in [0.1, 0.15) is 19.3 Å². The van der Waals surface area contributed by atoms with Gasteiger partial charge in [0.1, 0.15) is 0 Å². The van der Waals surface area contributed by atoms with E-state index in [9.17, 15) is 13.6 Å². The zero-order valence-electron chi connectivity index (χ0n) is 9.61. The smallest absolute Gasteiger partial charge is 0.318 e. The van der Waals surface area contributed by atoms with Gasteiger partial charge in [-0.05, 0) is 19.3 Å². The van der Waals surface area contributed by atoms with E-state index in [0.29, 0.717) is 0 Å². The maximum atomic E-state index is 12.2. The standard InChI is InChI=1S/C11H18F2N2O2/c12-10(13)8-15(6-7-16)11(17)14-9-4-2-1-3-5-9/h2,4,9-10,16H,1,3,5-8H2,(H,14,17)/t9-/m0/s1. The summed E-state index contributed by atoms with van der Waals surface area (Å²) in [4.78, 5) is 12.6. The average molecular weight is 248 g/mol. The van der Waals surface area contributed by atoms with Gasteiger partial charge < -0.3 is 15.3 Å². The molecule has 2 N–H and O–H groups in total. The van der Waals surface area contributed by atoms with Crippen molar-refractivity contribution >= 4 is 6.03 Å². The second kappa shape index (κ2) is 7.21. The molecule has 0 aromatic rings. The summed E-state index contributed by atoms with van der Waals surface area (Å²) in [6.45, 7) is -1.05. The van der Waals surface area contributed by atoms with E-state index < -0.39 is 19.0 Å². The molecule has 98 valence electrons. The summed E-state index contributed by atoms with van der Waals surface area (Å²) in [7, 11) is 0. The number of aliphatic hydroxyl groups is 1. The van der Waals surface area contributed by atoms with Gasteiger partial charge in [-0.3, -0.25) is 0 Å². The first-order valence-electron chi connectivity index (χ1n) is 5.74. The summed E-state index contributed by atoms with van der Waals surface area (Å²) in [6.07, 6.45) is 4.05. The van der Waals surface area contributed by atoms with Gasteiger partial charge in [-0.2, -0.15) is 0 Å². The topological polar surface area (TPSA) is 52.6 Å². The minimum Gasteiger partial charge on any atom is -0.395 e. The molecule has 0 aliphatic heterocycles. The van der Waals surface area contributed by atoms with Crippen molar-refractivity contribution in [2.24, 2.45) is 0 Å². The van der Waals surface area contributed by atoms with Gasteiger partial charge in [0.05, 0.1) is 13.2 Å². The number of nitrogens with one attached hydrogen (secondary N) is 1. The lowest BCUT2D eigenvalue weighted by molar-refractivity contribution is 0.0896. The van der Waals surface area contributed by atoms with Gasteiger partial charge in [0.15, 0.2) is 0 Å². The van der Waals surface area contributed by atoms with E-state index in [1.807, 2.05) is 12.2 Å². The Bertz CT molecular complexity index is 272. The quantitative estimate of drug-likeness (QED) is 0.722. The normalized spacial score (nSPS) is 19.4. The van der Waals surface area contributed by atoms with Gasteiger partial charge in [-0.25, -0.2) is 13.6 Å². The molecule has 0 spiro atoms. The van der Waals surface area contributed by atoms with Crippen molar-refractivity contribution in [2.45, 2.75) is 31.7 Å². The fraction of sp³-hybridized carbons (Fsp3) is 0.727. The maximum absolute atomic E-state index is 12.2. The van der Waals surface area contributed by atoms with Crippen LogP contribution >= 0.6 is 0 Å². The Hall–Kier alpha value is -1.17. The van der Waals surface area contributed by atoms with E-state index in [0.717, 1.165) is 24.2 Å². The number of urea groups is 1. The second-order valence-corrected chi connectivity index (χ2v) is 3.98. The van der Waals surface area contributed by atoms with E-state index in [-0.39, 0.29) is 19.2 Å². The van der Waals surface area contributed by atoms with Crippen LogP contribution in [0, 0.1) is 0 Å². The lowest BCUT2D eigenvalue weighted by atomic mass is 10.0. The molecule has 4 nitrogen and oxygen atoms in total. The number of carbonyl (C=O) groups excluding carboxylic acids is 1. The monoisotopic (exact) mass is 248 g/mol. The highest BCUT2D eigenvalue weighted by Crippen LogP contribution is 2.10. The van der Waals surface area contributed by atoms with E-state index in [1.54, 1.807) is 0 Å². The zero-order chi connectivity index (χ0) is 12.7. The van der Waals surface area contributed by atoms with Crippen molar-refractivity contribution in [3.63, 3.8) is 0 Å². The van der Waals surface area contributed by atoms with Crippen LogP contribution in [0.2, 0.25) is 0 Å². The number of halogens is 2. The first-order chi connectivity index (χ1) is 8.13. The first kappa shape index (κ1) is 13.9. The predicted molar refractivity (Wildman–Crippen MR) is 60.0 cm³/mol. The highest BCUT2D eigenvalue weighted by Gasteiger charge is 2.20. The van der Waals surface area contributed by atoms with E-state index >= 15 is 0 Å². The Morgan fingerprint density at radius 2 is 2.35 bits per heavy atom. The summed E-state index contributed by atoms with van der Waals surface area (Å²) < 4.78 is 24.5. The zero-order valence-corrected chi connectivity index (χ0v) is 9.61. The Labute approximate surface area is 99.3 Å². The van der Waals surface area contributed by atoms with Gasteiger partial charge >= 0.3 is 6.03 Å². The Kier molecular flexibility index (Phi) is 5.90. The molecule has 2 amide bonds. The molecule has 0 radical (unpaired) electrons. The third-order valence-electron chi connectivity index (χ3n) is 2.58. The van der Waals surface area contributed by atoms with Gasteiger partial charge in [-0.1, -0.05) is 12.2 Å². The van der Waals surface area contributed by atoms with Crippen molar-refractivity contribution < 1.29 is 18.7 Å². The molecule has 17 heavy (non-hydrogen) atoms. The second-order valence-electron chi connectivity index (χ2n) is 3.98. The van der Waals surface area contributed by atoms with Gasteiger partial charge in [0.25, 0.3) is 6.43 Å². The Balaban J connectivity index is 2.45. The van der Waals surface area contributed by atoms with Gasteiger partial charge in [-0.15, -0.1) is 0 Å². The van der Waals surface area contributed by atoms with E-state index in [1.165, 1.54) is 0 Å². The first-order valence-corrected chi connectivity index (χ1v) is 5.74. The summed E-state index contributed by atoms with van der Waals surface area (Å²) in [5.41, 5.74) is 0. The number of hydrogen-bond donors (Lipinski definition) is 2. The number of nitrogens with zero attached hydrogens (tertiary/aromatic N) is 1. The predicted octanol–water partition coefficient (Wildman–Crippen LogP) is 1.36. The number of amides is 2.